The second-order valence-corrected chi connectivity index (χ2v) is 8.13. The van der Waals surface area contributed by atoms with Gasteiger partial charge < -0.3 is 10.5 Å². The van der Waals surface area contributed by atoms with Crippen molar-refractivity contribution >= 4 is 29.5 Å². The van der Waals surface area contributed by atoms with E-state index in [1.807, 2.05) is 37.1 Å². The van der Waals surface area contributed by atoms with Gasteiger partial charge in [0, 0.05) is 16.9 Å². The molecular formula is C21H28N4OS. The van der Waals surface area contributed by atoms with E-state index in [-0.39, 0.29) is 12.3 Å². The number of benzene rings is 1. The largest absolute Gasteiger partial charge is 0.397 e. The van der Waals surface area contributed by atoms with E-state index in [4.69, 9.17) is 10.5 Å². The topological polar surface area (TPSA) is 65.4 Å². The molecule has 2 aromatic rings. The molecule has 0 saturated carbocycles. The molecule has 2 heterocycles. The number of rotatable bonds is 6. The molecule has 2 N–H and O–H groups in total. The molecule has 6 heteroatoms. The number of nitrogens with two attached hydrogens (primary N) is 1. The van der Waals surface area contributed by atoms with Gasteiger partial charge in [0.2, 0.25) is 0 Å². The van der Waals surface area contributed by atoms with E-state index in [1.165, 1.54) is 10.5 Å². The number of aromatic nitrogens is 2. The van der Waals surface area contributed by atoms with Crippen LogP contribution in [0.25, 0.3) is 5.70 Å². The number of aryl methyl sites for hydroxylation is 1. The van der Waals surface area contributed by atoms with Gasteiger partial charge in [-0.15, -0.1) is 11.8 Å². The molecule has 0 amide bonds. The van der Waals surface area contributed by atoms with Gasteiger partial charge in [0.05, 0.1) is 18.1 Å². The molecule has 144 valence electrons. The summed E-state index contributed by atoms with van der Waals surface area (Å²) in [4.78, 5) is 10.3. The van der Waals surface area contributed by atoms with E-state index >= 15 is 0 Å². The highest BCUT2D eigenvalue weighted by atomic mass is 32.2. The van der Waals surface area contributed by atoms with Crippen LogP contribution in [0.15, 0.2) is 46.1 Å². The summed E-state index contributed by atoms with van der Waals surface area (Å²) >= 11 is 1.85. The third-order valence-corrected chi connectivity index (χ3v) is 5.81. The first-order chi connectivity index (χ1) is 13.0. The second kappa shape index (κ2) is 8.76. The van der Waals surface area contributed by atoms with Crippen molar-refractivity contribution in [3.63, 3.8) is 0 Å². The van der Waals surface area contributed by atoms with E-state index in [9.17, 15) is 0 Å². The fraction of sp³-hybridized carbons (Fsp3) is 0.429. The molecule has 0 aliphatic carbocycles. The Hall–Kier alpha value is -2.05. The number of thioether (sulfide) groups is 1. The standard InChI is InChI=1S/C21H28N4OS/c1-5-23-21-20(19(22)14(2)3)24-13-25(21)18-11-8-16(26-18)12-27-17-9-6-15(4)7-10-17/h5-7,9-10,13,16,18H,8,11-12,22H2,1-4H3/b23-5-. The van der Waals surface area contributed by atoms with Gasteiger partial charge in [-0.3, -0.25) is 4.57 Å². The van der Waals surface area contributed by atoms with Crippen LogP contribution in [0.1, 0.15) is 51.1 Å². The van der Waals surface area contributed by atoms with Crippen LogP contribution in [-0.4, -0.2) is 27.6 Å². The smallest absolute Gasteiger partial charge is 0.163 e. The molecule has 1 aromatic heterocycles. The fourth-order valence-corrected chi connectivity index (χ4v) is 4.03. The van der Waals surface area contributed by atoms with E-state index in [0.717, 1.165) is 35.7 Å². The van der Waals surface area contributed by atoms with Crippen molar-refractivity contribution in [2.45, 2.75) is 57.8 Å². The van der Waals surface area contributed by atoms with Gasteiger partial charge in [-0.1, -0.05) is 23.3 Å². The fourth-order valence-electron chi connectivity index (χ4n) is 3.08. The molecule has 2 unspecified atom stereocenters. The Morgan fingerprint density at radius 3 is 2.74 bits per heavy atom. The quantitative estimate of drug-likeness (QED) is 0.556. The molecule has 2 atom stereocenters. The zero-order valence-electron chi connectivity index (χ0n) is 16.5. The molecule has 0 spiro atoms. The van der Waals surface area contributed by atoms with Gasteiger partial charge in [0.15, 0.2) is 5.82 Å². The first-order valence-corrected chi connectivity index (χ1v) is 10.3. The third kappa shape index (κ3) is 4.62. The molecule has 0 radical (unpaired) electrons. The number of ether oxygens (including phenoxy) is 1. The van der Waals surface area contributed by atoms with Crippen LogP contribution < -0.4 is 5.73 Å². The average molecular weight is 385 g/mol. The van der Waals surface area contributed by atoms with Crippen LogP contribution in [0.2, 0.25) is 0 Å². The predicted molar refractivity (Wildman–Crippen MR) is 114 cm³/mol. The van der Waals surface area contributed by atoms with Crippen molar-refractivity contribution in [2.24, 2.45) is 10.7 Å². The number of hydrogen-bond acceptors (Lipinski definition) is 5. The number of imidazole rings is 1. The van der Waals surface area contributed by atoms with Gasteiger partial charge in [-0.05, 0) is 52.7 Å². The summed E-state index contributed by atoms with van der Waals surface area (Å²) in [6, 6.07) is 8.64. The molecule has 1 aromatic carbocycles. The maximum Gasteiger partial charge on any atom is 0.163 e. The van der Waals surface area contributed by atoms with Crippen LogP contribution in [0.4, 0.5) is 5.82 Å². The first kappa shape index (κ1) is 19.7. The van der Waals surface area contributed by atoms with Crippen molar-refractivity contribution in [3.05, 3.63) is 47.4 Å². The van der Waals surface area contributed by atoms with Gasteiger partial charge in [-0.2, -0.15) is 0 Å². The Labute approximate surface area is 165 Å². The predicted octanol–water partition coefficient (Wildman–Crippen LogP) is 5.09. The highest BCUT2D eigenvalue weighted by Gasteiger charge is 2.29. The molecule has 1 saturated heterocycles. The van der Waals surface area contributed by atoms with Gasteiger partial charge in [0.1, 0.15) is 11.9 Å². The Morgan fingerprint density at radius 2 is 2.07 bits per heavy atom. The minimum absolute atomic E-state index is 0.0430. The lowest BCUT2D eigenvalue weighted by atomic mass is 10.2. The lowest BCUT2D eigenvalue weighted by Gasteiger charge is -2.16. The Kier molecular flexibility index (Phi) is 6.39. The average Bonchev–Trinajstić information content (AvgIpc) is 3.28. The zero-order valence-corrected chi connectivity index (χ0v) is 17.3. The summed E-state index contributed by atoms with van der Waals surface area (Å²) < 4.78 is 8.32. The zero-order chi connectivity index (χ0) is 19.4. The van der Waals surface area contributed by atoms with Crippen LogP contribution in [0, 0.1) is 6.92 Å². The molecular weight excluding hydrogens is 356 g/mol. The number of allylic oxidation sites excluding steroid dienone is 1. The number of aliphatic imine (C=N–C) groups is 1. The summed E-state index contributed by atoms with van der Waals surface area (Å²) in [5, 5.41) is 0. The maximum absolute atomic E-state index is 6.30. The van der Waals surface area contributed by atoms with Crippen molar-refractivity contribution < 1.29 is 4.74 Å². The molecule has 3 rings (SSSR count). The van der Waals surface area contributed by atoms with Crippen LogP contribution in [0.5, 0.6) is 0 Å². The van der Waals surface area contributed by atoms with Crippen molar-refractivity contribution in [2.75, 3.05) is 5.75 Å². The van der Waals surface area contributed by atoms with E-state index in [2.05, 4.69) is 41.2 Å². The molecule has 5 nitrogen and oxygen atoms in total. The monoisotopic (exact) mass is 384 g/mol. The van der Waals surface area contributed by atoms with Crippen LogP contribution >= 0.6 is 11.8 Å². The van der Waals surface area contributed by atoms with Crippen LogP contribution in [-0.2, 0) is 4.74 Å². The molecule has 1 aliphatic rings. The highest BCUT2D eigenvalue weighted by molar-refractivity contribution is 7.99. The van der Waals surface area contributed by atoms with Crippen LogP contribution in [0.3, 0.4) is 0 Å². The van der Waals surface area contributed by atoms with Gasteiger partial charge >= 0.3 is 0 Å². The van der Waals surface area contributed by atoms with Gasteiger partial charge in [0.25, 0.3) is 0 Å². The summed E-state index contributed by atoms with van der Waals surface area (Å²) in [6.07, 6.45) is 5.74. The van der Waals surface area contributed by atoms with Crippen molar-refractivity contribution in [1.82, 2.24) is 9.55 Å². The molecule has 0 bridgehead atoms. The SMILES string of the molecule is C/C=N\c1c(C(N)=C(C)C)ncn1C1CCC(CSc2ccc(C)cc2)O1. The Morgan fingerprint density at radius 1 is 1.33 bits per heavy atom. The van der Waals surface area contributed by atoms with E-state index in [1.54, 1.807) is 12.5 Å². The molecule has 1 fully saturated rings. The normalized spacial score (nSPS) is 19.7. The van der Waals surface area contributed by atoms with Crippen molar-refractivity contribution in [3.8, 4) is 0 Å². The van der Waals surface area contributed by atoms with Gasteiger partial charge in [-0.25, -0.2) is 9.98 Å². The third-order valence-electron chi connectivity index (χ3n) is 4.67. The Bertz CT molecular complexity index is 834. The summed E-state index contributed by atoms with van der Waals surface area (Å²) in [7, 11) is 0. The minimum atomic E-state index is -0.0430. The molecule has 1 aliphatic heterocycles. The van der Waals surface area contributed by atoms with E-state index in [0.29, 0.717) is 5.70 Å². The number of nitrogens with zero attached hydrogens (tertiary/aromatic N) is 3. The second-order valence-electron chi connectivity index (χ2n) is 7.04. The van der Waals surface area contributed by atoms with E-state index < -0.39 is 0 Å². The maximum atomic E-state index is 6.30. The molecule has 27 heavy (non-hydrogen) atoms. The first-order valence-electron chi connectivity index (χ1n) is 9.33. The van der Waals surface area contributed by atoms with Crippen molar-refractivity contribution in [1.29, 1.82) is 0 Å². The Balaban J connectivity index is 1.69. The summed E-state index contributed by atoms with van der Waals surface area (Å²) in [6.45, 7) is 7.98. The summed E-state index contributed by atoms with van der Waals surface area (Å²) in [5.74, 6) is 1.72. The lowest BCUT2D eigenvalue weighted by Crippen LogP contribution is -2.13. The number of hydrogen-bond donors (Lipinski definition) is 1. The summed E-state index contributed by atoms with van der Waals surface area (Å²) in [5.41, 5.74) is 9.95. The highest BCUT2D eigenvalue weighted by Crippen LogP contribution is 2.36. The minimum Gasteiger partial charge on any atom is -0.397 e. The lowest BCUT2D eigenvalue weighted by molar-refractivity contribution is 0.0142.